The lowest BCUT2D eigenvalue weighted by Crippen LogP contribution is -2.38. The first-order chi connectivity index (χ1) is 16.0. The standard InChI is InChI=1S/C23H21Cl2N3O3S3/c1-4-14(9-22-27(2)17-11-15(24)5-7-19(17)32-22)10-23-28(13-21(29)26-34(3,30)31)18-12-16(25)6-8-20(18)33-23/h5-12H,4,13H2,1-3H3/p+1. The predicted octanol–water partition coefficient (Wildman–Crippen LogP) is 5.36. The van der Waals surface area contributed by atoms with Gasteiger partial charge < -0.3 is 4.90 Å². The Balaban J connectivity index is 1.72. The lowest BCUT2D eigenvalue weighted by atomic mass is 10.2. The Hall–Kier alpha value is -2.04. The number of sulfonamides is 1. The quantitative estimate of drug-likeness (QED) is 0.415. The van der Waals surface area contributed by atoms with E-state index in [0.29, 0.717) is 10.0 Å². The van der Waals surface area contributed by atoms with Crippen LogP contribution < -0.4 is 14.2 Å². The minimum absolute atomic E-state index is 0.147. The number of hydrogen-bond donors (Lipinski definition) is 1. The summed E-state index contributed by atoms with van der Waals surface area (Å²) < 4.78 is 28.4. The zero-order valence-corrected chi connectivity index (χ0v) is 22.6. The molecule has 0 atom stereocenters. The van der Waals surface area contributed by atoms with Crippen molar-refractivity contribution in [3.8, 4) is 0 Å². The third kappa shape index (κ3) is 5.60. The number of fused-ring (bicyclic) bond motifs is 2. The molecule has 0 saturated heterocycles. The number of nitrogens with one attached hydrogen (secondary N) is 1. The van der Waals surface area contributed by atoms with E-state index in [9.17, 15) is 13.2 Å². The third-order valence-corrected chi connectivity index (χ3v) is 8.49. The van der Waals surface area contributed by atoms with Gasteiger partial charge in [0.05, 0.1) is 17.0 Å². The molecule has 1 aliphatic rings. The van der Waals surface area contributed by atoms with Crippen LogP contribution in [0.2, 0.25) is 10.0 Å². The predicted molar refractivity (Wildman–Crippen MR) is 142 cm³/mol. The van der Waals surface area contributed by atoms with E-state index < -0.39 is 15.9 Å². The Morgan fingerprint density at radius 1 is 1.18 bits per heavy atom. The zero-order chi connectivity index (χ0) is 24.6. The van der Waals surface area contributed by atoms with E-state index in [-0.39, 0.29) is 6.54 Å². The number of halogens is 2. The zero-order valence-electron chi connectivity index (χ0n) is 18.6. The van der Waals surface area contributed by atoms with E-state index in [4.69, 9.17) is 23.2 Å². The summed E-state index contributed by atoms with van der Waals surface area (Å²) in [5, 5.41) is 3.11. The van der Waals surface area contributed by atoms with Gasteiger partial charge in [-0.15, -0.1) is 0 Å². The molecule has 0 saturated carbocycles. The van der Waals surface area contributed by atoms with Crippen LogP contribution in [0, 0.1) is 0 Å². The number of carbonyl (C=O) groups excluding carboxylic acids is 1. The van der Waals surface area contributed by atoms with Crippen molar-refractivity contribution in [1.29, 1.82) is 0 Å². The van der Waals surface area contributed by atoms with Gasteiger partial charge in [0.25, 0.3) is 10.9 Å². The van der Waals surface area contributed by atoms with Crippen LogP contribution in [0.5, 0.6) is 0 Å². The van der Waals surface area contributed by atoms with Gasteiger partial charge in [0.15, 0.2) is 0 Å². The van der Waals surface area contributed by atoms with Crippen LogP contribution in [0.15, 0.2) is 58.0 Å². The van der Waals surface area contributed by atoms with Crippen molar-refractivity contribution in [2.24, 2.45) is 7.05 Å². The summed E-state index contributed by atoms with van der Waals surface area (Å²) in [7, 11) is -1.65. The summed E-state index contributed by atoms with van der Waals surface area (Å²) in [4.78, 5) is 15.2. The molecule has 1 aromatic heterocycles. The van der Waals surface area contributed by atoms with Crippen molar-refractivity contribution in [2.45, 2.75) is 18.2 Å². The fraction of sp³-hybridized carbons (Fsp3) is 0.217. The van der Waals surface area contributed by atoms with Crippen molar-refractivity contribution >= 4 is 84.2 Å². The number of allylic oxidation sites excluding steroid dienone is 2. The molecule has 4 rings (SSSR count). The first kappa shape index (κ1) is 25.1. The smallest absolute Gasteiger partial charge is 0.262 e. The van der Waals surface area contributed by atoms with Gasteiger partial charge in [-0.3, -0.25) is 9.52 Å². The maximum atomic E-state index is 12.4. The van der Waals surface area contributed by atoms with Crippen molar-refractivity contribution in [3.63, 3.8) is 0 Å². The highest BCUT2D eigenvalue weighted by Crippen LogP contribution is 2.47. The fourth-order valence-corrected chi connectivity index (χ4v) is 6.59. The number of benzene rings is 2. The summed E-state index contributed by atoms with van der Waals surface area (Å²) in [6.45, 7) is 1.92. The van der Waals surface area contributed by atoms with Crippen molar-refractivity contribution < 1.29 is 17.8 Å². The fourth-order valence-electron chi connectivity index (χ4n) is 3.56. The average molecular weight is 556 g/mol. The molecule has 1 N–H and O–H groups in total. The minimum Gasteiger partial charge on any atom is -0.325 e. The van der Waals surface area contributed by atoms with Crippen molar-refractivity contribution in [2.75, 3.05) is 17.7 Å². The molecule has 0 radical (unpaired) electrons. The van der Waals surface area contributed by atoms with Crippen LogP contribution in [-0.2, 0) is 21.9 Å². The molecule has 2 aromatic carbocycles. The van der Waals surface area contributed by atoms with E-state index >= 15 is 0 Å². The Morgan fingerprint density at radius 2 is 1.88 bits per heavy atom. The molecule has 11 heteroatoms. The highest BCUT2D eigenvalue weighted by atomic mass is 35.5. The first-order valence-electron chi connectivity index (χ1n) is 10.3. The third-order valence-electron chi connectivity index (χ3n) is 5.15. The molecule has 2 heterocycles. The van der Waals surface area contributed by atoms with Gasteiger partial charge in [0, 0.05) is 27.1 Å². The summed E-state index contributed by atoms with van der Waals surface area (Å²) in [6, 6.07) is 11.3. The SMILES string of the molecule is CC/C(C=C1Sc2ccc(Cl)cc2N1CC(=O)NS(C)(=O)=O)=C\c1sc2ccc(Cl)cc2[n+]1C. The normalized spacial score (nSPS) is 15.3. The Labute approximate surface area is 216 Å². The molecular formula is C23H22Cl2N3O3S3+. The topological polar surface area (TPSA) is 70.4 Å². The highest BCUT2D eigenvalue weighted by molar-refractivity contribution is 8.03. The van der Waals surface area contributed by atoms with Crippen LogP contribution in [0.25, 0.3) is 16.3 Å². The van der Waals surface area contributed by atoms with Gasteiger partial charge in [-0.2, -0.15) is 4.57 Å². The number of amides is 1. The van der Waals surface area contributed by atoms with Crippen molar-refractivity contribution in [1.82, 2.24) is 4.72 Å². The van der Waals surface area contributed by atoms with Crippen LogP contribution in [0.1, 0.15) is 18.4 Å². The maximum absolute atomic E-state index is 12.4. The van der Waals surface area contributed by atoms with Crippen molar-refractivity contribution in [3.05, 3.63) is 68.1 Å². The molecule has 0 aliphatic carbocycles. The number of nitrogens with zero attached hydrogens (tertiary/aromatic N) is 2. The average Bonchev–Trinajstić information content (AvgIpc) is 3.23. The maximum Gasteiger partial charge on any atom is 0.262 e. The summed E-state index contributed by atoms with van der Waals surface area (Å²) in [5.41, 5.74) is 2.89. The highest BCUT2D eigenvalue weighted by Gasteiger charge is 2.28. The molecule has 3 aromatic rings. The van der Waals surface area contributed by atoms with E-state index in [1.807, 2.05) is 42.1 Å². The van der Waals surface area contributed by atoms with E-state index in [2.05, 4.69) is 17.6 Å². The van der Waals surface area contributed by atoms with Crippen LogP contribution in [0.3, 0.4) is 0 Å². The molecule has 6 nitrogen and oxygen atoms in total. The summed E-state index contributed by atoms with van der Waals surface area (Å²) in [6.07, 6.45) is 5.88. The van der Waals surface area contributed by atoms with Gasteiger partial charge in [-0.25, -0.2) is 8.42 Å². The lowest BCUT2D eigenvalue weighted by molar-refractivity contribution is -0.642. The largest absolute Gasteiger partial charge is 0.325 e. The second-order valence-electron chi connectivity index (χ2n) is 7.76. The molecule has 0 fully saturated rings. The number of aromatic nitrogens is 1. The number of carbonyl (C=O) groups is 1. The molecule has 0 spiro atoms. The van der Waals surface area contributed by atoms with Crippen LogP contribution in [-0.4, -0.2) is 27.1 Å². The Kier molecular flexibility index (Phi) is 7.30. The molecule has 1 amide bonds. The molecule has 1 aliphatic heterocycles. The van der Waals surface area contributed by atoms with E-state index in [1.54, 1.807) is 28.4 Å². The number of rotatable bonds is 6. The van der Waals surface area contributed by atoms with Gasteiger partial charge in [-0.1, -0.05) is 53.2 Å². The molecule has 178 valence electrons. The van der Waals surface area contributed by atoms with Gasteiger partial charge >= 0.3 is 0 Å². The van der Waals surface area contributed by atoms with E-state index in [0.717, 1.165) is 49.1 Å². The van der Waals surface area contributed by atoms with Gasteiger partial charge in [-0.05, 0) is 48.4 Å². The second-order valence-corrected chi connectivity index (χ2v) is 12.5. The monoisotopic (exact) mass is 554 g/mol. The number of hydrogen-bond acceptors (Lipinski definition) is 6. The van der Waals surface area contributed by atoms with E-state index in [1.165, 1.54) is 11.8 Å². The Morgan fingerprint density at radius 3 is 2.59 bits per heavy atom. The molecular weight excluding hydrogens is 533 g/mol. The number of thioether (sulfide) groups is 1. The summed E-state index contributed by atoms with van der Waals surface area (Å²) >= 11 is 15.6. The first-order valence-corrected chi connectivity index (χ1v) is 14.6. The number of aryl methyl sites for hydroxylation is 1. The summed E-state index contributed by atoms with van der Waals surface area (Å²) in [5.74, 6) is -0.614. The van der Waals surface area contributed by atoms with Crippen LogP contribution >= 0.6 is 46.3 Å². The van der Waals surface area contributed by atoms with Crippen LogP contribution in [0.4, 0.5) is 5.69 Å². The van der Waals surface area contributed by atoms with Gasteiger partial charge in [0.1, 0.15) is 18.3 Å². The van der Waals surface area contributed by atoms with Gasteiger partial charge in [0.2, 0.25) is 15.5 Å². The lowest BCUT2D eigenvalue weighted by Gasteiger charge is -2.20. The molecule has 0 bridgehead atoms. The number of thiazole rings is 1. The molecule has 0 unspecified atom stereocenters. The number of anilines is 1. The second kappa shape index (κ2) is 9.91. The Bertz CT molecular complexity index is 1460. The molecule has 34 heavy (non-hydrogen) atoms. The minimum atomic E-state index is -3.66.